The van der Waals surface area contributed by atoms with Gasteiger partial charge in [-0.15, -0.1) is 0 Å². The number of allylic oxidation sites excluding steroid dienone is 1. The van der Waals surface area contributed by atoms with Crippen molar-refractivity contribution >= 4 is 6.20 Å². The van der Waals surface area contributed by atoms with Gasteiger partial charge in [-0.3, -0.25) is 4.98 Å². The average molecular weight is 225 g/mol. The van der Waals surface area contributed by atoms with Gasteiger partial charge in [-0.25, -0.2) is 23.5 Å². The monoisotopic (exact) mass is 225 g/mol. The molecule has 1 unspecified atom stereocenters. The lowest BCUT2D eigenvalue weighted by Crippen LogP contribution is -2.48. The number of H-pyrrole nitrogens is 1. The predicted octanol–water partition coefficient (Wildman–Crippen LogP) is -1.41. The molecule has 0 amide bonds. The maximum atomic E-state index is 11.8. The first-order valence-electron chi connectivity index (χ1n) is 4.83. The number of aromatic amines is 1. The van der Waals surface area contributed by atoms with E-state index in [1.54, 1.807) is 13.0 Å². The molecule has 1 aliphatic rings. The van der Waals surface area contributed by atoms with E-state index in [9.17, 15) is 14.4 Å². The molecule has 0 bridgehead atoms. The minimum atomic E-state index is -0.735. The van der Waals surface area contributed by atoms with Crippen molar-refractivity contribution in [3.05, 3.63) is 37.5 Å². The van der Waals surface area contributed by atoms with Gasteiger partial charge in [-0.05, 0) is 6.92 Å². The highest BCUT2D eigenvalue weighted by molar-refractivity contribution is 5.18. The van der Waals surface area contributed by atoms with Crippen LogP contribution in [0.2, 0.25) is 0 Å². The average Bonchev–Trinajstić information content (AvgIpc) is 3.03. The summed E-state index contributed by atoms with van der Waals surface area (Å²) in [7, 11) is 0. The largest absolute Gasteiger partial charge is 0.371 e. The van der Waals surface area contributed by atoms with Crippen LogP contribution in [0.15, 0.2) is 20.5 Å². The fourth-order valence-electron chi connectivity index (χ4n) is 1.34. The Morgan fingerprint density at radius 1 is 1.44 bits per heavy atom. The third kappa shape index (κ3) is 1.89. The first kappa shape index (κ1) is 10.6. The van der Waals surface area contributed by atoms with Crippen molar-refractivity contribution in [2.24, 2.45) is 0 Å². The molecule has 0 radical (unpaired) electrons. The summed E-state index contributed by atoms with van der Waals surface area (Å²) in [6.07, 6.45) is 2.75. The van der Waals surface area contributed by atoms with Crippen molar-refractivity contribution in [2.45, 2.75) is 19.6 Å². The van der Waals surface area contributed by atoms with Crippen molar-refractivity contribution in [1.29, 1.82) is 0 Å². The Morgan fingerprint density at radius 3 is 2.69 bits per heavy atom. The number of ether oxygens (including phenoxy) is 1. The quantitative estimate of drug-likeness (QED) is 0.640. The molecule has 1 aromatic rings. The van der Waals surface area contributed by atoms with Crippen LogP contribution in [-0.4, -0.2) is 26.8 Å². The third-order valence-corrected chi connectivity index (χ3v) is 2.20. The van der Waals surface area contributed by atoms with E-state index in [4.69, 9.17) is 4.74 Å². The number of nitrogens with zero attached hydrogens (tertiary/aromatic N) is 2. The molecule has 0 saturated carbocycles. The van der Waals surface area contributed by atoms with Crippen molar-refractivity contribution in [3.8, 4) is 0 Å². The Hall–Kier alpha value is -1.89. The third-order valence-electron chi connectivity index (χ3n) is 2.20. The number of nitrogens with one attached hydrogen (secondary N) is 1. The zero-order valence-electron chi connectivity index (χ0n) is 8.67. The zero-order chi connectivity index (χ0) is 11.7. The van der Waals surface area contributed by atoms with Crippen LogP contribution in [0.3, 0.4) is 0 Å². The first-order valence-corrected chi connectivity index (χ1v) is 4.83. The second-order valence-electron chi connectivity index (χ2n) is 3.44. The molecule has 16 heavy (non-hydrogen) atoms. The molecule has 0 spiro atoms. The fourth-order valence-corrected chi connectivity index (χ4v) is 1.34. The molecule has 1 saturated heterocycles. The van der Waals surface area contributed by atoms with Crippen molar-refractivity contribution < 1.29 is 4.74 Å². The molecular formula is C9H11N3O4. The van der Waals surface area contributed by atoms with Crippen LogP contribution in [0.5, 0.6) is 0 Å². The second-order valence-corrected chi connectivity index (χ2v) is 3.44. The fraction of sp³-hybridized carbons (Fsp3) is 0.444. The normalized spacial score (nSPS) is 19.2. The summed E-state index contributed by atoms with van der Waals surface area (Å²) in [4.78, 5) is 36.5. The van der Waals surface area contributed by atoms with Crippen LogP contribution in [0, 0.1) is 0 Å². The molecular weight excluding hydrogens is 214 g/mol. The van der Waals surface area contributed by atoms with Crippen molar-refractivity contribution in [3.63, 3.8) is 0 Å². The van der Waals surface area contributed by atoms with Crippen LogP contribution < -0.4 is 17.1 Å². The summed E-state index contributed by atoms with van der Waals surface area (Å²) in [6, 6.07) is 0. The molecule has 2 heterocycles. The number of hydrogen-bond acceptors (Lipinski definition) is 4. The molecule has 1 aliphatic heterocycles. The lowest BCUT2D eigenvalue weighted by atomic mass is 10.5. The highest BCUT2D eigenvalue weighted by atomic mass is 16.6. The first-order chi connectivity index (χ1) is 7.63. The maximum absolute atomic E-state index is 11.8. The Labute approximate surface area is 89.6 Å². The summed E-state index contributed by atoms with van der Waals surface area (Å²) in [5.41, 5.74) is -2.09. The molecule has 86 valence electrons. The summed E-state index contributed by atoms with van der Waals surface area (Å²) in [5.74, 6) is 0. The van der Waals surface area contributed by atoms with Crippen LogP contribution in [0.25, 0.3) is 6.20 Å². The molecule has 1 atom stereocenters. The van der Waals surface area contributed by atoms with Crippen molar-refractivity contribution in [2.75, 3.05) is 6.61 Å². The topological polar surface area (TPSA) is 89.4 Å². The lowest BCUT2D eigenvalue weighted by molar-refractivity contribution is 0.372. The smallest absolute Gasteiger partial charge is 0.340 e. The van der Waals surface area contributed by atoms with E-state index in [1.165, 1.54) is 6.20 Å². The highest BCUT2D eigenvalue weighted by Crippen LogP contribution is 2.08. The van der Waals surface area contributed by atoms with E-state index in [2.05, 4.69) is 4.98 Å². The van der Waals surface area contributed by atoms with Crippen LogP contribution in [-0.2, 0) is 11.3 Å². The highest BCUT2D eigenvalue weighted by Gasteiger charge is 2.25. The van der Waals surface area contributed by atoms with E-state index in [0.717, 1.165) is 9.13 Å². The standard InChI is InChI=1S/C9H11N3O4/c1-2-3-11-7(13)10-8(14)12(9(11)15)4-6-5-16-6/h2-3,6H,4-5H2,1H3,(H,10,13,14). The molecule has 0 aliphatic carbocycles. The van der Waals surface area contributed by atoms with Gasteiger partial charge in [0.05, 0.1) is 19.3 Å². The Kier molecular flexibility index (Phi) is 2.61. The molecule has 1 N–H and O–H groups in total. The maximum Gasteiger partial charge on any atom is 0.340 e. The molecule has 7 heteroatoms. The predicted molar refractivity (Wildman–Crippen MR) is 56.3 cm³/mol. The van der Waals surface area contributed by atoms with E-state index in [-0.39, 0.29) is 12.6 Å². The van der Waals surface area contributed by atoms with Gasteiger partial charge in [-0.2, -0.15) is 0 Å². The molecule has 1 aromatic heterocycles. The van der Waals surface area contributed by atoms with Gasteiger partial charge in [0, 0.05) is 6.20 Å². The van der Waals surface area contributed by atoms with Gasteiger partial charge in [0.25, 0.3) is 0 Å². The minimum Gasteiger partial charge on any atom is -0.371 e. The Balaban J connectivity index is 2.59. The van der Waals surface area contributed by atoms with Gasteiger partial charge in [-0.1, -0.05) is 6.08 Å². The number of rotatable bonds is 3. The van der Waals surface area contributed by atoms with Crippen LogP contribution in [0.4, 0.5) is 0 Å². The summed E-state index contributed by atoms with van der Waals surface area (Å²) >= 11 is 0. The van der Waals surface area contributed by atoms with Crippen molar-refractivity contribution in [1.82, 2.24) is 14.1 Å². The minimum absolute atomic E-state index is 0.102. The Morgan fingerprint density at radius 2 is 2.12 bits per heavy atom. The van der Waals surface area contributed by atoms with E-state index < -0.39 is 17.1 Å². The zero-order valence-corrected chi connectivity index (χ0v) is 8.67. The lowest BCUT2D eigenvalue weighted by Gasteiger charge is -2.03. The van der Waals surface area contributed by atoms with E-state index >= 15 is 0 Å². The molecule has 2 rings (SSSR count). The van der Waals surface area contributed by atoms with Crippen LogP contribution >= 0.6 is 0 Å². The number of hydrogen-bond donors (Lipinski definition) is 1. The van der Waals surface area contributed by atoms with Gasteiger partial charge in [0.1, 0.15) is 0 Å². The number of aromatic nitrogens is 3. The molecule has 1 fully saturated rings. The van der Waals surface area contributed by atoms with Gasteiger partial charge in [0.2, 0.25) is 0 Å². The summed E-state index contributed by atoms with van der Waals surface area (Å²) in [5, 5.41) is 0. The molecule has 7 nitrogen and oxygen atoms in total. The SMILES string of the molecule is CC=Cn1c(=O)[nH]c(=O)n(CC2CO2)c1=O. The summed E-state index contributed by atoms with van der Waals surface area (Å²) in [6.45, 7) is 2.38. The van der Waals surface area contributed by atoms with Gasteiger partial charge < -0.3 is 4.74 Å². The number of epoxide rings is 1. The van der Waals surface area contributed by atoms with Crippen LogP contribution in [0.1, 0.15) is 6.92 Å². The molecule has 0 aromatic carbocycles. The Bertz CT molecular complexity index is 588. The van der Waals surface area contributed by atoms with Gasteiger partial charge >= 0.3 is 17.1 Å². The van der Waals surface area contributed by atoms with Gasteiger partial charge in [0.15, 0.2) is 0 Å². The van der Waals surface area contributed by atoms with E-state index in [0.29, 0.717) is 6.61 Å². The van der Waals surface area contributed by atoms with E-state index in [1.807, 2.05) is 0 Å². The summed E-state index contributed by atoms with van der Waals surface area (Å²) < 4.78 is 6.74. The second kappa shape index (κ2) is 3.93.